The first kappa shape index (κ1) is 19.4. The molecule has 0 radical (unpaired) electrons. The van der Waals surface area contributed by atoms with E-state index in [1.54, 1.807) is 30.3 Å². The average Bonchev–Trinajstić information content (AvgIpc) is 3.16. The smallest absolute Gasteiger partial charge is 0.256 e. The van der Waals surface area contributed by atoms with Crippen molar-refractivity contribution in [3.05, 3.63) is 88.2 Å². The van der Waals surface area contributed by atoms with E-state index in [2.05, 4.69) is 21.6 Å². The number of anilines is 1. The molecule has 1 amide bonds. The van der Waals surface area contributed by atoms with Crippen LogP contribution >= 0.6 is 11.6 Å². The van der Waals surface area contributed by atoms with Gasteiger partial charge in [0.15, 0.2) is 5.82 Å². The van der Waals surface area contributed by atoms with E-state index in [0.29, 0.717) is 28.0 Å². The first-order chi connectivity index (χ1) is 14.5. The second-order valence-corrected chi connectivity index (χ2v) is 6.83. The lowest BCUT2D eigenvalue weighted by atomic mass is 10.1. The Morgan fingerprint density at radius 3 is 2.83 bits per heavy atom. The summed E-state index contributed by atoms with van der Waals surface area (Å²) in [6, 6.07) is 18.3. The normalized spacial score (nSPS) is 10.6. The molecule has 0 spiro atoms. The molecule has 0 saturated carbocycles. The van der Waals surface area contributed by atoms with E-state index in [0.717, 1.165) is 11.6 Å². The highest BCUT2D eigenvalue weighted by molar-refractivity contribution is 6.31. The number of carbonyl (C=O) groups excluding carboxylic acids is 1. The lowest BCUT2D eigenvalue weighted by Crippen LogP contribution is -2.12. The minimum absolute atomic E-state index is 0.136. The van der Waals surface area contributed by atoms with Gasteiger partial charge in [-0.2, -0.15) is 10.4 Å². The molecule has 0 fully saturated rings. The van der Waals surface area contributed by atoms with E-state index in [4.69, 9.17) is 16.3 Å². The van der Waals surface area contributed by atoms with Crippen molar-refractivity contribution in [2.75, 3.05) is 5.32 Å². The summed E-state index contributed by atoms with van der Waals surface area (Å²) in [6.07, 6.45) is 0. The number of halogens is 2. The number of aromatic amines is 1. The zero-order valence-corrected chi connectivity index (χ0v) is 16.2. The lowest BCUT2D eigenvalue weighted by molar-refractivity contribution is 0.102. The number of nitriles is 1. The molecule has 4 rings (SSSR count). The van der Waals surface area contributed by atoms with Crippen LogP contribution in [0.1, 0.15) is 21.5 Å². The summed E-state index contributed by atoms with van der Waals surface area (Å²) in [6.45, 7) is 0.225. The van der Waals surface area contributed by atoms with Crippen molar-refractivity contribution in [1.29, 1.82) is 5.26 Å². The van der Waals surface area contributed by atoms with Crippen molar-refractivity contribution in [3.8, 4) is 11.8 Å². The van der Waals surface area contributed by atoms with Crippen LogP contribution in [0.15, 0.2) is 60.7 Å². The van der Waals surface area contributed by atoms with Gasteiger partial charge < -0.3 is 10.1 Å². The van der Waals surface area contributed by atoms with Gasteiger partial charge in [-0.3, -0.25) is 9.89 Å². The first-order valence-corrected chi connectivity index (χ1v) is 9.28. The van der Waals surface area contributed by atoms with Crippen molar-refractivity contribution in [3.63, 3.8) is 0 Å². The summed E-state index contributed by atoms with van der Waals surface area (Å²) in [5, 5.41) is 19.3. The van der Waals surface area contributed by atoms with E-state index in [1.165, 1.54) is 12.1 Å². The number of nitrogens with zero attached hydrogens (tertiary/aromatic N) is 2. The van der Waals surface area contributed by atoms with E-state index >= 15 is 0 Å². The van der Waals surface area contributed by atoms with Gasteiger partial charge in [0.05, 0.1) is 22.2 Å². The molecule has 1 aromatic heterocycles. The second kappa shape index (κ2) is 8.23. The van der Waals surface area contributed by atoms with Crippen LogP contribution in [-0.2, 0) is 6.61 Å². The van der Waals surface area contributed by atoms with Crippen LogP contribution in [0.4, 0.5) is 10.2 Å². The molecule has 8 heteroatoms. The summed E-state index contributed by atoms with van der Waals surface area (Å²) in [7, 11) is 0. The highest BCUT2D eigenvalue weighted by atomic mass is 35.5. The van der Waals surface area contributed by atoms with Crippen LogP contribution < -0.4 is 10.1 Å². The zero-order chi connectivity index (χ0) is 21.1. The number of H-pyrrole nitrogens is 1. The van der Waals surface area contributed by atoms with Gasteiger partial charge in [-0.25, -0.2) is 4.39 Å². The molecule has 6 nitrogen and oxygen atoms in total. The monoisotopic (exact) mass is 420 g/mol. The SMILES string of the molecule is N#Cc1ccccc1COc1ccc2[nH]nc(NC(=O)c3ccc(F)c(Cl)c3)c2c1. The molecular formula is C22H14ClFN4O2. The van der Waals surface area contributed by atoms with Crippen molar-refractivity contribution in [2.24, 2.45) is 0 Å². The molecule has 30 heavy (non-hydrogen) atoms. The highest BCUT2D eigenvalue weighted by Crippen LogP contribution is 2.27. The number of ether oxygens (including phenoxy) is 1. The Balaban J connectivity index is 1.54. The minimum atomic E-state index is -0.599. The van der Waals surface area contributed by atoms with Gasteiger partial charge in [-0.1, -0.05) is 29.8 Å². The molecule has 1 heterocycles. The number of hydrogen-bond donors (Lipinski definition) is 2. The summed E-state index contributed by atoms with van der Waals surface area (Å²) >= 11 is 5.75. The average molecular weight is 421 g/mol. The third kappa shape index (κ3) is 3.95. The number of amides is 1. The minimum Gasteiger partial charge on any atom is -0.489 e. The predicted molar refractivity (Wildman–Crippen MR) is 111 cm³/mol. The van der Waals surface area contributed by atoms with E-state index in [-0.39, 0.29) is 17.2 Å². The van der Waals surface area contributed by atoms with Crippen LogP contribution in [0.3, 0.4) is 0 Å². The number of aromatic nitrogens is 2. The van der Waals surface area contributed by atoms with E-state index in [9.17, 15) is 14.4 Å². The van der Waals surface area contributed by atoms with E-state index in [1.807, 2.05) is 12.1 Å². The van der Waals surface area contributed by atoms with Gasteiger partial charge in [-0.05, 0) is 42.5 Å². The molecule has 0 aliphatic heterocycles. The summed E-state index contributed by atoms with van der Waals surface area (Å²) in [4.78, 5) is 12.5. The standard InChI is InChI=1S/C22H14ClFN4O2/c23-18-9-13(5-7-19(18)24)22(29)26-21-17-10-16(6-8-20(17)27-28-21)30-12-15-4-2-1-3-14(15)11-25/h1-10H,12H2,(H2,26,27,28,29). The zero-order valence-electron chi connectivity index (χ0n) is 15.4. The Bertz CT molecular complexity index is 1300. The largest absolute Gasteiger partial charge is 0.489 e. The van der Waals surface area contributed by atoms with Gasteiger partial charge in [0.1, 0.15) is 18.2 Å². The maximum absolute atomic E-state index is 13.3. The second-order valence-electron chi connectivity index (χ2n) is 6.42. The summed E-state index contributed by atoms with van der Waals surface area (Å²) in [5.74, 6) is -0.215. The van der Waals surface area contributed by atoms with Crippen molar-refractivity contribution in [2.45, 2.75) is 6.61 Å². The van der Waals surface area contributed by atoms with Crippen molar-refractivity contribution < 1.29 is 13.9 Å². The number of rotatable bonds is 5. The Labute approximate surface area is 175 Å². The first-order valence-electron chi connectivity index (χ1n) is 8.90. The molecular weight excluding hydrogens is 407 g/mol. The molecule has 0 atom stereocenters. The Hall–Kier alpha value is -3.89. The third-order valence-electron chi connectivity index (χ3n) is 4.48. The fraction of sp³-hybridized carbons (Fsp3) is 0.0455. The fourth-order valence-electron chi connectivity index (χ4n) is 2.91. The molecule has 3 aromatic carbocycles. The van der Waals surface area contributed by atoms with Gasteiger partial charge >= 0.3 is 0 Å². The number of carbonyl (C=O) groups is 1. The maximum atomic E-state index is 13.3. The Kier molecular flexibility index (Phi) is 5.33. The Morgan fingerprint density at radius 2 is 2.03 bits per heavy atom. The topological polar surface area (TPSA) is 90.8 Å². The van der Waals surface area contributed by atoms with Crippen molar-refractivity contribution in [1.82, 2.24) is 10.2 Å². The van der Waals surface area contributed by atoms with Gasteiger partial charge in [0.25, 0.3) is 5.91 Å². The highest BCUT2D eigenvalue weighted by Gasteiger charge is 2.14. The maximum Gasteiger partial charge on any atom is 0.256 e. The van der Waals surface area contributed by atoms with Crippen LogP contribution in [0.2, 0.25) is 5.02 Å². The fourth-order valence-corrected chi connectivity index (χ4v) is 3.09. The lowest BCUT2D eigenvalue weighted by Gasteiger charge is -2.08. The van der Waals surface area contributed by atoms with Crippen molar-refractivity contribution >= 4 is 34.2 Å². The molecule has 0 unspecified atom stereocenters. The quantitative estimate of drug-likeness (QED) is 0.472. The van der Waals surface area contributed by atoms with Crippen LogP contribution in [0, 0.1) is 17.1 Å². The number of hydrogen-bond acceptors (Lipinski definition) is 4. The van der Waals surface area contributed by atoms with Crippen LogP contribution in [0.25, 0.3) is 10.9 Å². The van der Waals surface area contributed by atoms with Gasteiger partial charge in [-0.15, -0.1) is 0 Å². The molecule has 0 bridgehead atoms. The molecule has 4 aromatic rings. The molecule has 0 aliphatic carbocycles. The predicted octanol–water partition coefficient (Wildman–Crippen LogP) is 5.06. The number of fused-ring (bicyclic) bond motifs is 1. The third-order valence-corrected chi connectivity index (χ3v) is 4.77. The van der Waals surface area contributed by atoms with Gasteiger partial charge in [0.2, 0.25) is 0 Å². The summed E-state index contributed by atoms with van der Waals surface area (Å²) in [5.41, 5.74) is 2.23. The van der Waals surface area contributed by atoms with Crippen LogP contribution in [-0.4, -0.2) is 16.1 Å². The number of nitrogens with one attached hydrogen (secondary N) is 2. The molecule has 2 N–H and O–H groups in total. The Morgan fingerprint density at radius 1 is 1.20 bits per heavy atom. The van der Waals surface area contributed by atoms with E-state index < -0.39 is 11.7 Å². The molecule has 0 saturated heterocycles. The van der Waals surface area contributed by atoms with Gasteiger partial charge in [0, 0.05) is 16.5 Å². The molecule has 0 aliphatic rings. The number of benzene rings is 3. The summed E-state index contributed by atoms with van der Waals surface area (Å²) < 4.78 is 19.1. The molecule has 148 valence electrons. The van der Waals surface area contributed by atoms with Crippen LogP contribution in [0.5, 0.6) is 5.75 Å².